The van der Waals surface area contributed by atoms with Gasteiger partial charge in [0.25, 0.3) is 0 Å². The van der Waals surface area contributed by atoms with Crippen molar-refractivity contribution in [2.75, 3.05) is 0 Å². The lowest BCUT2D eigenvalue weighted by atomic mass is 9.94. The zero-order chi connectivity index (χ0) is 15.9. The number of aryl methyl sites for hydroxylation is 3. The monoisotopic (exact) mass is 287 g/mol. The molecule has 22 heavy (non-hydrogen) atoms. The minimum Gasteiger partial charge on any atom is -0.200 e. The van der Waals surface area contributed by atoms with E-state index in [-0.39, 0.29) is 0 Å². The van der Waals surface area contributed by atoms with Crippen LogP contribution >= 0.6 is 0 Å². The molecular formula is C20H19N2+. The first-order chi connectivity index (χ1) is 10.5. The average molecular weight is 287 g/mol. The molecule has 0 amide bonds. The standard InChI is InChI=1S/C20H19N2/c1-13-9-14(2)15(3)19(10-13)20-18-6-5-16(12-21)11-17(18)7-8-22(20)4/h5-11H,1-4H3/q+1. The van der Waals surface area contributed by atoms with Crippen LogP contribution in [0.3, 0.4) is 0 Å². The van der Waals surface area contributed by atoms with Crippen molar-refractivity contribution in [2.45, 2.75) is 20.8 Å². The minimum atomic E-state index is 0.699. The zero-order valence-electron chi connectivity index (χ0n) is 13.4. The van der Waals surface area contributed by atoms with E-state index in [2.05, 4.69) is 68.9 Å². The first kappa shape index (κ1) is 14.3. The van der Waals surface area contributed by atoms with Crippen LogP contribution in [0.5, 0.6) is 0 Å². The Morgan fingerprint density at radius 1 is 1.00 bits per heavy atom. The van der Waals surface area contributed by atoms with Crippen LogP contribution in [-0.4, -0.2) is 0 Å². The molecule has 1 aromatic heterocycles. The smallest absolute Gasteiger partial charge is 0.200 e. The van der Waals surface area contributed by atoms with Gasteiger partial charge >= 0.3 is 0 Å². The number of nitrogens with zero attached hydrogens (tertiary/aromatic N) is 2. The summed E-state index contributed by atoms with van der Waals surface area (Å²) in [5.41, 5.74) is 7.04. The topological polar surface area (TPSA) is 27.7 Å². The molecule has 2 heteroatoms. The largest absolute Gasteiger partial charge is 0.220 e. The average Bonchev–Trinajstić information content (AvgIpc) is 2.50. The van der Waals surface area contributed by atoms with Crippen molar-refractivity contribution in [3.05, 3.63) is 64.8 Å². The molecule has 0 unspecified atom stereocenters. The third kappa shape index (κ3) is 2.25. The van der Waals surface area contributed by atoms with Crippen molar-refractivity contribution in [3.8, 4) is 17.3 Å². The van der Waals surface area contributed by atoms with Crippen molar-refractivity contribution in [1.82, 2.24) is 0 Å². The second kappa shape index (κ2) is 5.27. The molecule has 0 aliphatic heterocycles. The van der Waals surface area contributed by atoms with E-state index in [0.717, 1.165) is 5.39 Å². The molecular weight excluding hydrogens is 268 g/mol. The Labute approximate surface area is 131 Å². The van der Waals surface area contributed by atoms with Gasteiger partial charge in [-0.25, -0.2) is 4.57 Å². The highest BCUT2D eigenvalue weighted by Gasteiger charge is 2.18. The fourth-order valence-electron chi connectivity index (χ4n) is 3.06. The lowest BCUT2D eigenvalue weighted by Crippen LogP contribution is -2.30. The van der Waals surface area contributed by atoms with Crippen molar-refractivity contribution in [3.63, 3.8) is 0 Å². The summed E-state index contributed by atoms with van der Waals surface area (Å²) in [5, 5.41) is 11.4. The van der Waals surface area contributed by atoms with E-state index in [4.69, 9.17) is 5.26 Å². The van der Waals surface area contributed by atoms with E-state index in [1.807, 2.05) is 12.1 Å². The predicted octanol–water partition coefficient (Wildman–Crippen LogP) is 4.13. The van der Waals surface area contributed by atoms with Gasteiger partial charge in [-0.2, -0.15) is 5.26 Å². The summed E-state index contributed by atoms with van der Waals surface area (Å²) in [6, 6.07) is 14.7. The number of benzene rings is 2. The van der Waals surface area contributed by atoms with Gasteiger partial charge in [0.05, 0.1) is 22.6 Å². The fourth-order valence-corrected chi connectivity index (χ4v) is 3.06. The van der Waals surface area contributed by atoms with Gasteiger partial charge < -0.3 is 0 Å². The summed E-state index contributed by atoms with van der Waals surface area (Å²) in [6.45, 7) is 6.46. The fraction of sp³-hybridized carbons (Fsp3) is 0.200. The Morgan fingerprint density at radius 2 is 1.77 bits per heavy atom. The SMILES string of the molecule is Cc1cc(C)c(C)c(-c2c3ccc(C#N)cc3cc[n+]2C)c1. The molecule has 0 saturated carbocycles. The number of nitriles is 1. The number of fused-ring (bicyclic) bond motifs is 1. The second-order valence-corrected chi connectivity index (χ2v) is 5.94. The van der Waals surface area contributed by atoms with Crippen LogP contribution in [0, 0.1) is 32.1 Å². The van der Waals surface area contributed by atoms with E-state index >= 15 is 0 Å². The van der Waals surface area contributed by atoms with Gasteiger partial charge in [-0.05, 0) is 61.5 Å². The van der Waals surface area contributed by atoms with Crippen molar-refractivity contribution >= 4 is 10.8 Å². The minimum absolute atomic E-state index is 0.699. The molecule has 0 atom stereocenters. The summed E-state index contributed by atoms with van der Waals surface area (Å²) < 4.78 is 2.16. The molecule has 108 valence electrons. The van der Waals surface area contributed by atoms with E-state index in [0.29, 0.717) is 5.56 Å². The molecule has 0 radical (unpaired) electrons. The van der Waals surface area contributed by atoms with Gasteiger partial charge in [0.1, 0.15) is 7.05 Å². The van der Waals surface area contributed by atoms with Crippen LogP contribution in [-0.2, 0) is 7.05 Å². The maximum absolute atomic E-state index is 9.10. The Hall–Kier alpha value is -2.66. The van der Waals surface area contributed by atoms with E-state index < -0.39 is 0 Å². The summed E-state index contributed by atoms with van der Waals surface area (Å²) in [4.78, 5) is 0. The molecule has 0 aliphatic rings. The van der Waals surface area contributed by atoms with Gasteiger partial charge in [-0.15, -0.1) is 0 Å². The molecule has 3 aromatic rings. The summed E-state index contributed by atoms with van der Waals surface area (Å²) in [7, 11) is 2.07. The maximum atomic E-state index is 9.10. The van der Waals surface area contributed by atoms with E-state index in [1.54, 1.807) is 0 Å². The zero-order valence-corrected chi connectivity index (χ0v) is 13.4. The summed E-state index contributed by atoms with van der Waals surface area (Å²) in [6.07, 6.45) is 2.07. The number of rotatable bonds is 1. The molecule has 1 heterocycles. The summed E-state index contributed by atoms with van der Waals surface area (Å²) >= 11 is 0. The van der Waals surface area contributed by atoms with E-state index in [9.17, 15) is 0 Å². The van der Waals surface area contributed by atoms with Gasteiger partial charge in [0.2, 0.25) is 5.69 Å². The highest BCUT2D eigenvalue weighted by Crippen LogP contribution is 2.30. The normalized spacial score (nSPS) is 10.7. The van der Waals surface area contributed by atoms with Gasteiger partial charge in [0, 0.05) is 6.07 Å². The first-order valence-corrected chi connectivity index (χ1v) is 7.42. The van der Waals surface area contributed by atoms with Gasteiger partial charge in [-0.1, -0.05) is 11.6 Å². The Balaban J connectivity index is 2.41. The van der Waals surface area contributed by atoms with Crippen molar-refractivity contribution < 1.29 is 4.57 Å². The number of aromatic nitrogens is 1. The first-order valence-electron chi connectivity index (χ1n) is 7.42. The molecule has 0 spiro atoms. The highest BCUT2D eigenvalue weighted by atomic mass is 14.9. The number of pyridine rings is 1. The molecule has 0 fully saturated rings. The van der Waals surface area contributed by atoms with Crippen molar-refractivity contribution in [2.24, 2.45) is 7.05 Å². The Bertz CT molecular complexity index is 931. The van der Waals surface area contributed by atoms with Crippen molar-refractivity contribution in [1.29, 1.82) is 5.26 Å². The van der Waals surface area contributed by atoms with Crippen LogP contribution in [0.1, 0.15) is 22.3 Å². The molecule has 2 aromatic carbocycles. The third-order valence-electron chi connectivity index (χ3n) is 4.33. The lowest BCUT2D eigenvalue weighted by molar-refractivity contribution is -0.659. The van der Waals surface area contributed by atoms with Crippen LogP contribution in [0.15, 0.2) is 42.6 Å². The molecule has 2 nitrogen and oxygen atoms in total. The van der Waals surface area contributed by atoms with Gasteiger partial charge in [0.15, 0.2) is 6.20 Å². The van der Waals surface area contributed by atoms with E-state index in [1.165, 1.54) is 33.3 Å². The van der Waals surface area contributed by atoms with Gasteiger partial charge in [-0.3, -0.25) is 0 Å². The predicted molar refractivity (Wildman–Crippen MR) is 89.5 cm³/mol. The summed E-state index contributed by atoms with van der Waals surface area (Å²) in [5.74, 6) is 0. The van der Waals surface area contributed by atoms with Crippen LogP contribution in [0.2, 0.25) is 0 Å². The molecule has 0 aliphatic carbocycles. The van der Waals surface area contributed by atoms with Crippen LogP contribution in [0.25, 0.3) is 22.0 Å². The quantitative estimate of drug-likeness (QED) is 0.618. The Morgan fingerprint density at radius 3 is 2.50 bits per heavy atom. The van der Waals surface area contributed by atoms with Crippen LogP contribution < -0.4 is 4.57 Å². The Kier molecular flexibility index (Phi) is 3.42. The maximum Gasteiger partial charge on any atom is 0.220 e. The van der Waals surface area contributed by atoms with Crippen LogP contribution in [0.4, 0.5) is 0 Å². The lowest BCUT2D eigenvalue weighted by Gasteiger charge is -2.11. The second-order valence-electron chi connectivity index (χ2n) is 5.94. The number of hydrogen-bond donors (Lipinski definition) is 0. The molecule has 0 N–H and O–H groups in total. The molecule has 3 rings (SSSR count). The number of hydrogen-bond acceptors (Lipinski definition) is 1. The highest BCUT2D eigenvalue weighted by molar-refractivity contribution is 5.94. The molecule has 0 saturated heterocycles. The third-order valence-corrected chi connectivity index (χ3v) is 4.33. The molecule has 0 bridgehead atoms.